The maximum absolute atomic E-state index is 5.80. The maximum Gasteiger partial charge on any atom is 0.0639 e. The Morgan fingerprint density at radius 1 is 0.938 bits per heavy atom. The molecule has 0 saturated heterocycles. The minimum absolute atomic E-state index is 0.712. The molecule has 0 amide bonds. The maximum atomic E-state index is 5.80. The van der Waals surface area contributed by atoms with E-state index in [0.29, 0.717) is 6.54 Å². The van der Waals surface area contributed by atoms with E-state index in [1.165, 1.54) is 5.56 Å². The van der Waals surface area contributed by atoms with Crippen LogP contribution < -0.4 is 0 Å². The van der Waals surface area contributed by atoms with Crippen LogP contribution in [0.2, 0.25) is 5.02 Å². The molecule has 0 aliphatic rings. The predicted octanol–water partition coefficient (Wildman–Crippen LogP) is 3.96. The van der Waals surface area contributed by atoms with Crippen molar-refractivity contribution >= 4 is 17.8 Å². The van der Waals surface area contributed by atoms with Crippen molar-refractivity contribution < 1.29 is 0 Å². The second kappa shape index (κ2) is 5.47. The summed E-state index contributed by atoms with van der Waals surface area (Å²) in [7, 11) is 0. The number of hydrogen-bond donors (Lipinski definition) is 0. The van der Waals surface area contributed by atoms with Gasteiger partial charge in [0.1, 0.15) is 0 Å². The number of rotatable bonds is 3. The smallest absolute Gasteiger partial charge is 0.0639 e. The molecule has 16 heavy (non-hydrogen) atoms. The van der Waals surface area contributed by atoms with Crippen LogP contribution in [0.5, 0.6) is 0 Å². The second-order valence-electron chi connectivity index (χ2n) is 3.51. The summed E-state index contributed by atoms with van der Waals surface area (Å²) < 4.78 is 0. The standard InChI is InChI=1S/C14H12ClN/c15-14-8-6-13(7-9-14)11-16-10-12-4-2-1-3-5-12/h1-9,11H,10H2/b16-11+. The van der Waals surface area contributed by atoms with Crippen molar-refractivity contribution in [1.29, 1.82) is 0 Å². The normalized spacial score (nSPS) is 10.8. The molecule has 2 heteroatoms. The third-order valence-electron chi connectivity index (χ3n) is 2.23. The SMILES string of the molecule is Clc1ccc(/C=N/Cc2ccccc2)cc1. The lowest BCUT2D eigenvalue weighted by Gasteiger charge is -1.95. The second-order valence-corrected chi connectivity index (χ2v) is 3.94. The first-order chi connectivity index (χ1) is 7.84. The highest BCUT2D eigenvalue weighted by Crippen LogP contribution is 2.08. The summed E-state index contributed by atoms with van der Waals surface area (Å²) in [6.45, 7) is 0.712. The van der Waals surface area contributed by atoms with Crippen molar-refractivity contribution in [3.8, 4) is 0 Å². The quantitative estimate of drug-likeness (QED) is 0.707. The first-order valence-electron chi connectivity index (χ1n) is 5.14. The largest absolute Gasteiger partial charge is 0.288 e. The van der Waals surface area contributed by atoms with Crippen LogP contribution in [-0.4, -0.2) is 6.21 Å². The number of aliphatic imine (C=N–C) groups is 1. The van der Waals surface area contributed by atoms with Gasteiger partial charge in [-0.15, -0.1) is 0 Å². The summed E-state index contributed by atoms with van der Waals surface area (Å²) >= 11 is 5.80. The Labute approximate surface area is 100 Å². The highest BCUT2D eigenvalue weighted by Gasteiger charge is 1.89. The highest BCUT2D eigenvalue weighted by molar-refractivity contribution is 6.30. The Kier molecular flexibility index (Phi) is 3.73. The van der Waals surface area contributed by atoms with Gasteiger partial charge < -0.3 is 0 Å². The van der Waals surface area contributed by atoms with Crippen molar-refractivity contribution in [2.75, 3.05) is 0 Å². The summed E-state index contributed by atoms with van der Waals surface area (Å²) in [4.78, 5) is 4.37. The van der Waals surface area contributed by atoms with Crippen molar-refractivity contribution in [2.24, 2.45) is 4.99 Å². The Hall–Kier alpha value is -1.60. The van der Waals surface area contributed by atoms with Crippen LogP contribution in [0.15, 0.2) is 59.6 Å². The number of halogens is 1. The molecule has 0 aromatic heterocycles. The fourth-order valence-electron chi connectivity index (χ4n) is 1.39. The molecule has 0 N–H and O–H groups in total. The van der Waals surface area contributed by atoms with Crippen molar-refractivity contribution in [1.82, 2.24) is 0 Å². The predicted molar refractivity (Wildman–Crippen MR) is 69.2 cm³/mol. The van der Waals surface area contributed by atoms with Gasteiger partial charge in [0.2, 0.25) is 0 Å². The van der Waals surface area contributed by atoms with Crippen molar-refractivity contribution in [3.05, 3.63) is 70.7 Å². The lowest BCUT2D eigenvalue weighted by atomic mass is 10.2. The molecule has 0 atom stereocenters. The van der Waals surface area contributed by atoms with Gasteiger partial charge in [-0.25, -0.2) is 0 Å². The Morgan fingerprint density at radius 3 is 2.31 bits per heavy atom. The molecule has 0 radical (unpaired) electrons. The minimum atomic E-state index is 0.712. The van der Waals surface area contributed by atoms with Gasteiger partial charge in [0, 0.05) is 11.2 Å². The Balaban J connectivity index is 1.98. The van der Waals surface area contributed by atoms with E-state index in [9.17, 15) is 0 Å². The van der Waals surface area contributed by atoms with Gasteiger partial charge in [-0.1, -0.05) is 54.1 Å². The third kappa shape index (κ3) is 3.21. The molecule has 0 aliphatic heterocycles. The molecular weight excluding hydrogens is 218 g/mol. The third-order valence-corrected chi connectivity index (χ3v) is 2.48. The van der Waals surface area contributed by atoms with E-state index >= 15 is 0 Å². The van der Waals surface area contributed by atoms with E-state index in [4.69, 9.17) is 11.6 Å². The summed E-state index contributed by atoms with van der Waals surface area (Å²) in [5, 5.41) is 0.750. The molecule has 2 rings (SSSR count). The number of hydrogen-bond acceptors (Lipinski definition) is 1. The van der Waals surface area contributed by atoms with Gasteiger partial charge in [-0.2, -0.15) is 0 Å². The van der Waals surface area contributed by atoms with E-state index in [2.05, 4.69) is 17.1 Å². The van der Waals surface area contributed by atoms with Crippen molar-refractivity contribution in [2.45, 2.75) is 6.54 Å². The Morgan fingerprint density at radius 2 is 1.62 bits per heavy atom. The van der Waals surface area contributed by atoms with Gasteiger partial charge in [0.15, 0.2) is 0 Å². The van der Waals surface area contributed by atoms with Gasteiger partial charge in [-0.05, 0) is 23.3 Å². The van der Waals surface area contributed by atoms with Gasteiger partial charge in [0.05, 0.1) is 6.54 Å². The van der Waals surface area contributed by atoms with E-state index in [1.807, 2.05) is 48.7 Å². The Bertz CT molecular complexity index is 460. The van der Waals surface area contributed by atoms with Crippen LogP contribution in [0, 0.1) is 0 Å². The first-order valence-corrected chi connectivity index (χ1v) is 5.52. The molecule has 0 heterocycles. The monoisotopic (exact) mass is 229 g/mol. The lowest BCUT2D eigenvalue weighted by Crippen LogP contribution is -1.83. The number of benzene rings is 2. The van der Waals surface area contributed by atoms with Crippen LogP contribution in [-0.2, 0) is 6.54 Å². The zero-order chi connectivity index (χ0) is 11.2. The van der Waals surface area contributed by atoms with Gasteiger partial charge in [-0.3, -0.25) is 4.99 Å². The molecular formula is C14H12ClN. The van der Waals surface area contributed by atoms with Crippen LogP contribution >= 0.6 is 11.6 Å². The van der Waals surface area contributed by atoms with Crippen molar-refractivity contribution in [3.63, 3.8) is 0 Å². The zero-order valence-corrected chi connectivity index (χ0v) is 9.56. The fraction of sp³-hybridized carbons (Fsp3) is 0.0714. The molecule has 0 spiro atoms. The number of nitrogens with zero attached hydrogens (tertiary/aromatic N) is 1. The van der Waals surface area contributed by atoms with E-state index in [-0.39, 0.29) is 0 Å². The van der Waals surface area contributed by atoms with Crippen LogP contribution in [0.25, 0.3) is 0 Å². The molecule has 0 bridgehead atoms. The molecule has 0 saturated carbocycles. The average molecular weight is 230 g/mol. The first kappa shape index (κ1) is 10.9. The molecule has 80 valence electrons. The summed E-state index contributed by atoms with van der Waals surface area (Å²) in [6.07, 6.45) is 1.86. The summed E-state index contributed by atoms with van der Waals surface area (Å²) in [6, 6.07) is 17.8. The molecule has 0 fully saturated rings. The molecule has 2 aromatic rings. The molecule has 1 nitrogen and oxygen atoms in total. The van der Waals surface area contributed by atoms with Gasteiger partial charge >= 0.3 is 0 Å². The van der Waals surface area contributed by atoms with Crippen LogP contribution in [0.3, 0.4) is 0 Å². The fourth-order valence-corrected chi connectivity index (χ4v) is 1.51. The highest BCUT2D eigenvalue weighted by atomic mass is 35.5. The molecule has 0 unspecified atom stereocenters. The topological polar surface area (TPSA) is 12.4 Å². The van der Waals surface area contributed by atoms with Crippen LogP contribution in [0.1, 0.15) is 11.1 Å². The zero-order valence-electron chi connectivity index (χ0n) is 8.81. The van der Waals surface area contributed by atoms with E-state index < -0.39 is 0 Å². The van der Waals surface area contributed by atoms with Gasteiger partial charge in [0.25, 0.3) is 0 Å². The summed E-state index contributed by atoms with van der Waals surface area (Å²) in [5.74, 6) is 0. The lowest BCUT2D eigenvalue weighted by molar-refractivity contribution is 1.08. The minimum Gasteiger partial charge on any atom is -0.288 e. The molecule has 0 aliphatic carbocycles. The average Bonchev–Trinajstić information content (AvgIpc) is 2.33. The summed E-state index contributed by atoms with van der Waals surface area (Å²) in [5.41, 5.74) is 2.29. The molecule has 2 aromatic carbocycles. The van der Waals surface area contributed by atoms with E-state index in [0.717, 1.165) is 10.6 Å². The van der Waals surface area contributed by atoms with Crippen LogP contribution in [0.4, 0.5) is 0 Å². The van der Waals surface area contributed by atoms with E-state index in [1.54, 1.807) is 0 Å².